The maximum absolute atomic E-state index is 13.3. The first kappa shape index (κ1) is 16.8. The molecule has 0 aromatic heterocycles. The van der Waals surface area contributed by atoms with Crippen molar-refractivity contribution in [3.63, 3.8) is 0 Å². The number of hydrogen-bond acceptors (Lipinski definition) is 3. The third-order valence-corrected chi connectivity index (χ3v) is 3.94. The Balaban J connectivity index is 2.47. The maximum atomic E-state index is 13.3. The van der Waals surface area contributed by atoms with Crippen molar-refractivity contribution in [2.75, 3.05) is 17.0 Å². The fraction of sp³-hybridized carbons (Fsp3) is 0.538. The number of hydrogen-bond donors (Lipinski definition) is 2. The normalized spacial score (nSPS) is 11.8. The van der Waals surface area contributed by atoms with Gasteiger partial charge in [-0.2, -0.15) is 0 Å². The number of nitrogens with one attached hydrogen (secondary N) is 2. The zero-order valence-electron chi connectivity index (χ0n) is 11.6. The first-order valence-corrected chi connectivity index (χ1v) is 8.14. The van der Waals surface area contributed by atoms with E-state index in [2.05, 4.69) is 10.0 Å². The molecule has 0 aliphatic rings. The highest BCUT2D eigenvalue weighted by molar-refractivity contribution is 7.92. The van der Waals surface area contributed by atoms with E-state index in [-0.39, 0.29) is 11.4 Å². The third-order valence-electron chi connectivity index (χ3n) is 2.59. The zero-order valence-corrected chi connectivity index (χ0v) is 12.4. The Morgan fingerprint density at radius 2 is 1.90 bits per heavy atom. The van der Waals surface area contributed by atoms with Crippen LogP contribution < -0.4 is 10.0 Å². The predicted octanol–water partition coefficient (Wildman–Crippen LogP) is 2.48. The molecule has 0 saturated heterocycles. The Hall–Kier alpha value is -1.21. The van der Waals surface area contributed by atoms with Crippen LogP contribution >= 0.6 is 0 Å². The number of benzene rings is 1. The van der Waals surface area contributed by atoms with Crippen molar-refractivity contribution in [3.8, 4) is 0 Å². The Morgan fingerprint density at radius 3 is 2.55 bits per heavy atom. The molecule has 0 radical (unpaired) electrons. The summed E-state index contributed by atoms with van der Waals surface area (Å²) < 4.78 is 51.8. The van der Waals surface area contributed by atoms with Crippen LogP contribution in [0.2, 0.25) is 0 Å². The summed E-state index contributed by atoms with van der Waals surface area (Å²) in [6, 6.07) is 3.00. The van der Waals surface area contributed by atoms with Gasteiger partial charge in [0.15, 0.2) is 0 Å². The Bertz CT molecular complexity index is 533. The molecule has 0 heterocycles. The molecule has 0 bridgehead atoms. The van der Waals surface area contributed by atoms with E-state index in [1.165, 1.54) is 0 Å². The van der Waals surface area contributed by atoms with Gasteiger partial charge in [-0.1, -0.05) is 13.8 Å². The van der Waals surface area contributed by atoms with Crippen LogP contribution in [0.3, 0.4) is 0 Å². The summed E-state index contributed by atoms with van der Waals surface area (Å²) in [4.78, 5) is 0. The molecule has 4 nitrogen and oxygen atoms in total. The van der Waals surface area contributed by atoms with Gasteiger partial charge in [-0.25, -0.2) is 17.2 Å². The van der Waals surface area contributed by atoms with Gasteiger partial charge in [-0.05, 0) is 31.5 Å². The van der Waals surface area contributed by atoms with E-state index in [1.807, 2.05) is 13.8 Å². The summed E-state index contributed by atoms with van der Waals surface area (Å²) in [6.45, 7) is 4.73. The van der Waals surface area contributed by atoms with E-state index in [1.54, 1.807) is 0 Å². The van der Waals surface area contributed by atoms with Crippen LogP contribution in [0, 0.1) is 11.6 Å². The molecule has 0 unspecified atom stereocenters. The number of rotatable bonds is 8. The molecule has 0 aliphatic carbocycles. The monoisotopic (exact) mass is 306 g/mol. The SMILES string of the molecule is CC(C)NCCCCS(=O)(=O)Nc1cc(F)ccc1F. The Kier molecular flexibility index (Phi) is 6.35. The molecule has 0 saturated carbocycles. The van der Waals surface area contributed by atoms with E-state index in [0.717, 1.165) is 24.7 Å². The highest BCUT2D eigenvalue weighted by atomic mass is 32.2. The standard InChI is InChI=1S/C13H20F2N2O2S/c1-10(2)16-7-3-4-8-20(18,19)17-13-9-11(14)5-6-12(13)15/h5-6,9-10,16-17H,3-4,7-8H2,1-2H3. The molecule has 0 amide bonds. The average molecular weight is 306 g/mol. The van der Waals surface area contributed by atoms with Crippen LogP contribution in [0.4, 0.5) is 14.5 Å². The number of anilines is 1. The molecule has 1 aromatic rings. The van der Waals surface area contributed by atoms with Crippen molar-refractivity contribution in [3.05, 3.63) is 29.8 Å². The zero-order chi connectivity index (χ0) is 15.2. The van der Waals surface area contributed by atoms with Crippen molar-refractivity contribution in [2.24, 2.45) is 0 Å². The summed E-state index contributed by atoms with van der Waals surface area (Å²) >= 11 is 0. The van der Waals surface area contributed by atoms with E-state index >= 15 is 0 Å². The molecule has 114 valence electrons. The number of sulfonamides is 1. The minimum Gasteiger partial charge on any atom is -0.315 e. The van der Waals surface area contributed by atoms with Crippen LogP contribution in [0.15, 0.2) is 18.2 Å². The summed E-state index contributed by atoms with van der Waals surface area (Å²) in [6.07, 6.45) is 1.15. The van der Waals surface area contributed by atoms with Gasteiger partial charge in [-0.3, -0.25) is 4.72 Å². The number of halogens is 2. The fourth-order valence-electron chi connectivity index (χ4n) is 1.60. The number of unbranched alkanes of at least 4 members (excludes halogenated alkanes) is 1. The van der Waals surface area contributed by atoms with Crippen LogP contribution in [0.5, 0.6) is 0 Å². The van der Waals surface area contributed by atoms with E-state index < -0.39 is 21.7 Å². The van der Waals surface area contributed by atoms with Crippen LogP contribution in [0.25, 0.3) is 0 Å². The van der Waals surface area contributed by atoms with Gasteiger partial charge in [0.2, 0.25) is 10.0 Å². The van der Waals surface area contributed by atoms with E-state index in [4.69, 9.17) is 0 Å². The van der Waals surface area contributed by atoms with Crippen molar-refractivity contribution >= 4 is 15.7 Å². The van der Waals surface area contributed by atoms with Crippen molar-refractivity contribution in [2.45, 2.75) is 32.7 Å². The Labute approximate surface area is 118 Å². The van der Waals surface area contributed by atoms with Gasteiger partial charge in [0, 0.05) is 12.1 Å². The second-order valence-corrected chi connectivity index (χ2v) is 6.70. The molecule has 20 heavy (non-hydrogen) atoms. The highest BCUT2D eigenvalue weighted by Crippen LogP contribution is 2.17. The van der Waals surface area contributed by atoms with Crippen molar-refractivity contribution in [1.29, 1.82) is 0 Å². The molecule has 1 rings (SSSR count). The minimum absolute atomic E-state index is 0.122. The van der Waals surface area contributed by atoms with E-state index in [0.29, 0.717) is 18.9 Å². The molecule has 0 atom stereocenters. The summed E-state index contributed by atoms with van der Waals surface area (Å²) in [5.74, 6) is -1.61. The van der Waals surface area contributed by atoms with Gasteiger partial charge in [0.1, 0.15) is 11.6 Å². The Morgan fingerprint density at radius 1 is 1.20 bits per heavy atom. The average Bonchev–Trinajstić information content (AvgIpc) is 2.32. The van der Waals surface area contributed by atoms with Gasteiger partial charge in [-0.15, -0.1) is 0 Å². The van der Waals surface area contributed by atoms with Gasteiger partial charge >= 0.3 is 0 Å². The minimum atomic E-state index is -3.66. The van der Waals surface area contributed by atoms with Crippen molar-refractivity contribution < 1.29 is 17.2 Å². The lowest BCUT2D eigenvalue weighted by Gasteiger charge is -2.10. The topological polar surface area (TPSA) is 58.2 Å². The third kappa shape index (κ3) is 6.29. The molecule has 7 heteroatoms. The van der Waals surface area contributed by atoms with Crippen LogP contribution in [-0.4, -0.2) is 26.8 Å². The quantitative estimate of drug-likeness (QED) is 0.726. The lowest BCUT2D eigenvalue weighted by atomic mass is 10.3. The van der Waals surface area contributed by atoms with E-state index in [9.17, 15) is 17.2 Å². The smallest absolute Gasteiger partial charge is 0.232 e. The van der Waals surface area contributed by atoms with Crippen LogP contribution in [-0.2, 0) is 10.0 Å². The summed E-state index contributed by atoms with van der Waals surface area (Å²) in [5, 5.41) is 3.17. The molecule has 0 aliphatic heterocycles. The second-order valence-electron chi connectivity index (χ2n) is 4.86. The van der Waals surface area contributed by atoms with Crippen molar-refractivity contribution in [1.82, 2.24) is 5.32 Å². The van der Waals surface area contributed by atoms with Crippen LogP contribution in [0.1, 0.15) is 26.7 Å². The lowest BCUT2D eigenvalue weighted by molar-refractivity contribution is 0.560. The molecular weight excluding hydrogens is 286 g/mol. The summed E-state index contributed by atoms with van der Waals surface area (Å²) in [5.41, 5.74) is -0.356. The van der Waals surface area contributed by atoms with Gasteiger partial charge in [0.25, 0.3) is 0 Å². The molecule has 1 aromatic carbocycles. The van der Waals surface area contributed by atoms with Gasteiger partial charge in [0.05, 0.1) is 11.4 Å². The first-order valence-electron chi connectivity index (χ1n) is 6.49. The lowest BCUT2D eigenvalue weighted by Crippen LogP contribution is -2.24. The molecular formula is C13H20F2N2O2S. The summed E-state index contributed by atoms with van der Waals surface area (Å²) in [7, 11) is -3.66. The fourth-order valence-corrected chi connectivity index (χ4v) is 2.78. The first-order chi connectivity index (χ1) is 9.30. The highest BCUT2D eigenvalue weighted by Gasteiger charge is 2.13. The second kappa shape index (κ2) is 7.54. The van der Waals surface area contributed by atoms with Gasteiger partial charge < -0.3 is 5.32 Å². The molecule has 0 spiro atoms. The largest absolute Gasteiger partial charge is 0.315 e. The molecule has 0 fully saturated rings. The maximum Gasteiger partial charge on any atom is 0.232 e. The molecule has 2 N–H and O–H groups in total. The predicted molar refractivity (Wildman–Crippen MR) is 76.1 cm³/mol.